The summed E-state index contributed by atoms with van der Waals surface area (Å²) < 4.78 is 28.6. The van der Waals surface area contributed by atoms with Crippen molar-refractivity contribution < 1.29 is 13.2 Å². The van der Waals surface area contributed by atoms with Gasteiger partial charge in [0.1, 0.15) is 4.90 Å². The number of hydrogen-bond acceptors (Lipinski definition) is 4. The molecular weight excluding hydrogens is 400 g/mol. The molecule has 30 heavy (non-hydrogen) atoms. The molecule has 1 aromatic heterocycles. The smallest absolute Gasteiger partial charge is 0.257 e. The Morgan fingerprint density at radius 1 is 0.933 bits per heavy atom. The number of rotatable bonds is 5. The largest absolute Gasteiger partial charge is 0.361 e. The molecule has 0 aliphatic carbocycles. The van der Waals surface area contributed by atoms with E-state index in [9.17, 15) is 13.2 Å². The molecule has 0 spiro atoms. The van der Waals surface area contributed by atoms with Gasteiger partial charge in [-0.2, -0.15) is 4.31 Å². The number of sulfonamides is 1. The molecule has 3 heterocycles. The monoisotopic (exact) mass is 430 g/mol. The molecule has 2 aliphatic rings. The Balaban J connectivity index is 1.52. The fourth-order valence-electron chi connectivity index (χ4n) is 4.52. The zero-order valence-electron chi connectivity index (χ0n) is 17.7. The van der Waals surface area contributed by atoms with E-state index in [1.165, 1.54) is 9.87 Å². The topological polar surface area (TPSA) is 76.7 Å². The summed E-state index contributed by atoms with van der Waals surface area (Å²) in [6, 6.07) is 10.2. The standard InChI is InChI=1S/C22H30N4O3S/c1-17-20(22(27)25-10-6-7-11-25)21(18(2)23-17)30(28,29)26-14-12-24(13-15-26)16-19-8-4-3-5-9-19/h3-5,8-9,23H,6-7,10-16H2,1-2H3. The van der Waals surface area contributed by atoms with Gasteiger partial charge in [0.25, 0.3) is 5.91 Å². The number of aromatic nitrogens is 1. The molecule has 1 N–H and O–H groups in total. The molecule has 0 unspecified atom stereocenters. The summed E-state index contributed by atoms with van der Waals surface area (Å²) in [5.74, 6) is -0.171. The van der Waals surface area contributed by atoms with Crippen LogP contribution in [0.4, 0.5) is 0 Å². The minimum absolute atomic E-state index is 0.161. The molecule has 2 saturated heterocycles. The molecule has 1 amide bonds. The third kappa shape index (κ3) is 4.04. The Hall–Kier alpha value is -2.16. The summed E-state index contributed by atoms with van der Waals surface area (Å²) in [6.45, 7) is 7.93. The van der Waals surface area contributed by atoms with Crippen LogP contribution in [0.1, 0.15) is 40.2 Å². The zero-order chi connectivity index (χ0) is 21.3. The molecule has 2 aliphatic heterocycles. The third-order valence-corrected chi connectivity index (χ3v) is 8.17. The van der Waals surface area contributed by atoms with Crippen LogP contribution in [0.2, 0.25) is 0 Å². The summed E-state index contributed by atoms with van der Waals surface area (Å²) in [5, 5.41) is 0. The maximum Gasteiger partial charge on any atom is 0.257 e. The summed E-state index contributed by atoms with van der Waals surface area (Å²) in [6.07, 6.45) is 1.94. The number of aryl methyl sites for hydroxylation is 2. The number of likely N-dealkylation sites (tertiary alicyclic amines) is 1. The molecule has 8 heteroatoms. The molecule has 2 aromatic rings. The third-order valence-electron chi connectivity index (χ3n) is 6.10. The molecule has 2 fully saturated rings. The van der Waals surface area contributed by atoms with Crippen LogP contribution in [0, 0.1) is 13.8 Å². The van der Waals surface area contributed by atoms with Gasteiger partial charge in [-0.25, -0.2) is 8.42 Å². The van der Waals surface area contributed by atoms with E-state index in [1.807, 2.05) is 18.2 Å². The van der Waals surface area contributed by atoms with Crippen LogP contribution in [0.5, 0.6) is 0 Å². The highest BCUT2D eigenvalue weighted by molar-refractivity contribution is 7.89. The van der Waals surface area contributed by atoms with E-state index in [4.69, 9.17) is 0 Å². The lowest BCUT2D eigenvalue weighted by Gasteiger charge is -2.34. The van der Waals surface area contributed by atoms with Crippen LogP contribution < -0.4 is 0 Å². The minimum Gasteiger partial charge on any atom is -0.361 e. The number of benzene rings is 1. The molecule has 0 atom stereocenters. The Morgan fingerprint density at radius 3 is 2.20 bits per heavy atom. The molecule has 0 bridgehead atoms. The lowest BCUT2D eigenvalue weighted by Crippen LogP contribution is -2.48. The van der Waals surface area contributed by atoms with Crippen LogP contribution in [0.15, 0.2) is 35.2 Å². The van der Waals surface area contributed by atoms with E-state index < -0.39 is 10.0 Å². The summed E-state index contributed by atoms with van der Waals surface area (Å²) in [7, 11) is -3.75. The van der Waals surface area contributed by atoms with Crippen molar-refractivity contribution in [2.24, 2.45) is 0 Å². The quantitative estimate of drug-likeness (QED) is 0.790. The Labute approximate surface area is 178 Å². The molecule has 0 radical (unpaired) electrons. The fraction of sp³-hybridized carbons (Fsp3) is 0.500. The zero-order valence-corrected chi connectivity index (χ0v) is 18.5. The molecule has 4 rings (SSSR count). The van der Waals surface area contributed by atoms with Gasteiger partial charge >= 0.3 is 0 Å². The van der Waals surface area contributed by atoms with Crippen LogP contribution >= 0.6 is 0 Å². The van der Waals surface area contributed by atoms with Gasteiger partial charge in [0.2, 0.25) is 10.0 Å². The highest BCUT2D eigenvalue weighted by atomic mass is 32.2. The van der Waals surface area contributed by atoms with Gasteiger partial charge in [-0.05, 0) is 32.3 Å². The number of piperazine rings is 1. The van der Waals surface area contributed by atoms with E-state index in [0.29, 0.717) is 56.2 Å². The predicted octanol–water partition coefficient (Wildman–Crippen LogP) is 2.37. The molecule has 7 nitrogen and oxygen atoms in total. The highest BCUT2D eigenvalue weighted by Crippen LogP contribution is 2.29. The first-order chi connectivity index (χ1) is 14.4. The first-order valence-corrected chi connectivity index (χ1v) is 12.1. The van der Waals surface area contributed by atoms with Gasteiger partial charge in [-0.1, -0.05) is 30.3 Å². The van der Waals surface area contributed by atoms with Crippen molar-refractivity contribution in [3.63, 3.8) is 0 Å². The number of aromatic amines is 1. The van der Waals surface area contributed by atoms with Gasteiger partial charge in [0.05, 0.1) is 5.56 Å². The van der Waals surface area contributed by atoms with E-state index in [-0.39, 0.29) is 10.8 Å². The average molecular weight is 431 g/mol. The van der Waals surface area contributed by atoms with Crippen molar-refractivity contribution in [3.05, 3.63) is 52.8 Å². The van der Waals surface area contributed by atoms with Crippen molar-refractivity contribution in [2.75, 3.05) is 39.3 Å². The van der Waals surface area contributed by atoms with Crippen LogP contribution in [0.25, 0.3) is 0 Å². The summed E-state index contributed by atoms with van der Waals surface area (Å²) in [4.78, 5) is 20.4. The second-order valence-corrected chi connectivity index (χ2v) is 10.1. The molecule has 1 aromatic carbocycles. The van der Waals surface area contributed by atoms with Crippen LogP contribution in [-0.2, 0) is 16.6 Å². The summed E-state index contributed by atoms with van der Waals surface area (Å²) >= 11 is 0. The molecule has 162 valence electrons. The average Bonchev–Trinajstić information content (AvgIpc) is 3.36. The normalized spacial score (nSPS) is 18.8. The fourth-order valence-corrected chi connectivity index (χ4v) is 6.35. The lowest BCUT2D eigenvalue weighted by molar-refractivity contribution is 0.0788. The molecule has 0 saturated carbocycles. The van der Waals surface area contributed by atoms with Crippen LogP contribution in [0.3, 0.4) is 0 Å². The van der Waals surface area contributed by atoms with Gasteiger partial charge in [-0.15, -0.1) is 0 Å². The minimum atomic E-state index is -3.75. The second kappa shape index (κ2) is 8.53. The van der Waals surface area contributed by atoms with Gasteiger partial charge in [0, 0.05) is 57.2 Å². The first kappa shape index (κ1) is 21.1. The lowest BCUT2D eigenvalue weighted by atomic mass is 10.2. The van der Waals surface area contributed by atoms with Crippen molar-refractivity contribution >= 4 is 15.9 Å². The second-order valence-electron chi connectivity index (χ2n) is 8.24. The van der Waals surface area contributed by atoms with Crippen molar-refractivity contribution in [1.82, 2.24) is 19.1 Å². The summed E-state index contributed by atoms with van der Waals surface area (Å²) in [5.41, 5.74) is 2.72. The van der Waals surface area contributed by atoms with Crippen molar-refractivity contribution in [1.29, 1.82) is 0 Å². The predicted molar refractivity (Wildman–Crippen MR) is 116 cm³/mol. The first-order valence-electron chi connectivity index (χ1n) is 10.6. The number of carbonyl (C=O) groups excluding carboxylic acids is 1. The Kier molecular flexibility index (Phi) is 5.99. The SMILES string of the molecule is Cc1[nH]c(C)c(S(=O)(=O)N2CCN(Cc3ccccc3)CC2)c1C(=O)N1CCCC1. The van der Waals surface area contributed by atoms with Crippen molar-refractivity contribution in [2.45, 2.75) is 38.1 Å². The maximum absolute atomic E-state index is 13.5. The Bertz CT molecular complexity index is 1000. The van der Waals surface area contributed by atoms with Gasteiger partial charge in [0.15, 0.2) is 0 Å². The van der Waals surface area contributed by atoms with E-state index in [1.54, 1.807) is 18.7 Å². The van der Waals surface area contributed by atoms with E-state index in [2.05, 4.69) is 22.0 Å². The number of nitrogens with zero attached hydrogens (tertiary/aromatic N) is 3. The number of hydrogen-bond donors (Lipinski definition) is 1. The Morgan fingerprint density at radius 2 is 1.57 bits per heavy atom. The number of H-pyrrole nitrogens is 1. The molecular formula is C22H30N4O3S. The number of carbonyl (C=O) groups is 1. The van der Waals surface area contributed by atoms with Gasteiger partial charge in [-0.3, -0.25) is 9.69 Å². The highest BCUT2D eigenvalue weighted by Gasteiger charge is 2.36. The number of amides is 1. The van der Waals surface area contributed by atoms with E-state index in [0.717, 1.165) is 19.4 Å². The maximum atomic E-state index is 13.5. The number of nitrogens with one attached hydrogen (secondary N) is 1. The van der Waals surface area contributed by atoms with Crippen LogP contribution in [-0.4, -0.2) is 72.7 Å². The van der Waals surface area contributed by atoms with E-state index >= 15 is 0 Å². The van der Waals surface area contributed by atoms with Crippen molar-refractivity contribution in [3.8, 4) is 0 Å². The van der Waals surface area contributed by atoms with Gasteiger partial charge < -0.3 is 9.88 Å².